The van der Waals surface area contributed by atoms with Gasteiger partial charge >= 0.3 is 0 Å². The van der Waals surface area contributed by atoms with Crippen LogP contribution in [-0.4, -0.2) is 30.2 Å². The third-order valence-corrected chi connectivity index (χ3v) is 3.29. The molecule has 0 spiro atoms. The Hall–Kier alpha value is -0.610. The van der Waals surface area contributed by atoms with E-state index in [1.165, 1.54) is 0 Å². The first-order chi connectivity index (χ1) is 8.02. The fourth-order valence-corrected chi connectivity index (χ4v) is 2.13. The van der Waals surface area contributed by atoms with Gasteiger partial charge in [0.1, 0.15) is 0 Å². The quantitative estimate of drug-likeness (QED) is 0.591. The Morgan fingerprint density at radius 2 is 2.12 bits per heavy atom. The van der Waals surface area contributed by atoms with Crippen LogP contribution in [0.1, 0.15) is 39.5 Å². The molecule has 4 heteroatoms. The number of nitrogens with one attached hydrogen (secondary N) is 1. The summed E-state index contributed by atoms with van der Waals surface area (Å²) in [6.45, 7) is 5.22. The maximum absolute atomic E-state index is 11.7. The van der Waals surface area contributed by atoms with Gasteiger partial charge in [0.05, 0.1) is 6.10 Å². The van der Waals surface area contributed by atoms with Gasteiger partial charge in [-0.05, 0) is 43.6 Å². The molecule has 0 heterocycles. The number of aliphatic hydroxyl groups is 1. The Morgan fingerprint density at radius 3 is 2.59 bits per heavy atom. The van der Waals surface area contributed by atoms with Crippen molar-refractivity contribution in [1.82, 2.24) is 5.32 Å². The molecule has 0 aromatic carbocycles. The molecule has 4 N–H and O–H groups in total. The van der Waals surface area contributed by atoms with Crippen LogP contribution in [-0.2, 0) is 4.79 Å². The number of hydrogen-bond donors (Lipinski definition) is 3. The van der Waals surface area contributed by atoms with Crippen molar-refractivity contribution in [3.63, 3.8) is 0 Å². The topological polar surface area (TPSA) is 75.4 Å². The molecule has 1 amide bonds. The van der Waals surface area contributed by atoms with Gasteiger partial charge in [0.25, 0.3) is 0 Å². The molecule has 0 bridgehead atoms. The van der Waals surface area contributed by atoms with E-state index in [0.29, 0.717) is 31.3 Å². The molecule has 4 nitrogen and oxygen atoms in total. The van der Waals surface area contributed by atoms with Gasteiger partial charge in [-0.3, -0.25) is 4.79 Å². The lowest BCUT2D eigenvalue weighted by Crippen LogP contribution is -2.35. The molecule has 2 atom stereocenters. The minimum Gasteiger partial charge on any atom is -0.391 e. The smallest absolute Gasteiger partial charge is 0.220 e. The normalized spacial score (nSPS) is 19.1. The second kappa shape index (κ2) is 6.97. The fourth-order valence-electron chi connectivity index (χ4n) is 2.13. The van der Waals surface area contributed by atoms with Gasteiger partial charge in [0.2, 0.25) is 5.91 Å². The molecule has 0 aliphatic heterocycles. The van der Waals surface area contributed by atoms with Gasteiger partial charge in [-0.25, -0.2) is 0 Å². The number of hydrogen-bond acceptors (Lipinski definition) is 3. The average molecular weight is 242 g/mol. The van der Waals surface area contributed by atoms with Gasteiger partial charge < -0.3 is 16.2 Å². The van der Waals surface area contributed by atoms with Crippen LogP contribution in [0.15, 0.2) is 0 Å². The molecular formula is C13H26N2O2. The van der Waals surface area contributed by atoms with Crippen molar-refractivity contribution in [2.24, 2.45) is 23.5 Å². The molecule has 1 saturated carbocycles. The fraction of sp³-hybridized carbons (Fsp3) is 0.923. The number of amides is 1. The molecule has 100 valence electrons. The van der Waals surface area contributed by atoms with Crippen LogP contribution in [0.3, 0.4) is 0 Å². The van der Waals surface area contributed by atoms with E-state index in [-0.39, 0.29) is 17.9 Å². The Balaban J connectivity index is 2.17. The van der Waals surface area contributed by atoms with E-state index in [2.05, 4.69) is 19.2 Å². The van der Waals surface area contributed by atoms with E-state index < -0.39 is 0 Å². The van der Waals surface area contributed by atoms with Crippen molar-refractivity contribution >= 4 is 5.91 Å². The number of aliphatic hydroxyl groups excluding tert-OH is 1. The summed E-state index contributed by atoms with van der Waals surface area (Å²) in [5, 5.41) is 12.4. The standard InChI is InChI=1S/C13H26N2O2/c1-9(2)5-10(7-14)6-13(17)15-8-12(16)11-3-4-11/h9-12,16H,3-8,14H2,1-2H3,(H,15,17)/t10-,12?/m0/s1. The zero-order valence-electron chi connectivity index (χ0n) is 11.0. The summed E-state index contributed by atoms with van der Waals surface area (Å²) in [5.41, 5.74) is 5.65. The third kappa shape index (κ3) is 6.03. The monoisotopic (exact) mass is 242 g/mol. The Bertz CT molecular complexity index is 240. The molecule has 0 aromatic heterocycles. The molecule has 0 saturated heterocycles. The average Bonchev–Trinajstić information content (AvgIpc) is 3.08. The number of nitrogens with two attached hydrogens (primary N) is 1. The predicted molar refractivity (Wildman–Crippen MR) is 68.4 cm³/mol. The highest BCUT2D eigenvalue weighted by Crippen LogP contribution is 2.32. The second-order valence-electron chi connectivity index (χ2n) is 5.64. The minimum absolute atomic E-state index is 0.0146. The van der Waals surface area contributed by atoms with Crippen molar-refractivity contribution in [3.05, 3.63) is 0 Å². The Morgan fingerprint density at radius 1 is 1.47 bits per heavy atom. The summed E-state index contributed by atoms with van der Waals surface area (Å²) in [6, 6.07) is 0. The van der Waals surface area contributed by atoms with Crippen LogP contribution in [0.25, 0.3) is 0 Å². The number of carbonyl (C=O) groups excluding carboxylic acids is 1. The molecule has 0 radical (unpaired) electrons. The molecule has 1 unspecified atom stereocenters. The first kappa shape index (κ1) is 14.5. The van der Waals surface area contributed by atoms with Crippen molar-refractivity contribution < 1.29 is 9.90 Å². The van der Waals surface area contributed by atoms with Gasteiger partial charge in [-0.15, -0.1) is 0 Å². The largest absolute Gasteiger partial charge is 0.391 e. The van der Waals surface area contributed by atoms with E-state index in [9.17, 15) is 9.90 Å². The predicted octanol–water partition coefficient (Wildman–Crippen LogP) is 0.885. The lowest BCUT2D eigenvalue weighted by atomic mass is 9.94. The highest BCUT2D eigenvalue weighted by Gasteiger charge is 2.29. The maximum Gasteiger partial charge on any atom is 0.220 e. The Kier molecular flexibility index (Phi) is 5.92. The summed E-state index contributed by atoms with van der Waals surface area (Å²) in [5.74, 6) is 1.25. The van der Waals surface area contributed by atoms with E-state index in [0.717, 1.165) is 19.3 Å². The maximum atomic E-state index is 11.7. The highest BCUT2D eigenvalue weighted by atomic mass is 16.3. The van der Waals surface area contributed by atoms with Gasteiger partial charge in [0.15, 0.2) is 0 Å². The lowest BCUT2D eigenvalue weighted by molar-refractivity contribution is -0.122. The van der Waals surface area contributed by atoms with Crippen LogP contribution in [0.4, 0.5) is 0 Å². The number of carbonyl (C=O) groups is 1. The lowest BCUT2D eigenvalue weighted by Gasteiger charge is -2.17. The molecule has 1 rings (SSSR count). The second-order valence-corrected chi connectivity index (χ2v) is 5.64. The van der Waals surface area contributed by atoms with Gasteiger partial charge in [-0.2, -0.15) is 0 Å². The summed E-state index contributed by atoms with van der Waals surface area (Å²) in [4.78, 5) is 11.7. The SMILES string of the molecule is CC(C)C[C@H](CN)CC(=O)NCC(O)C1CC1. The van der Waals surface area contributed by atoms with Crippen molar-refractivity contribution in [2.45, 2.75) is 45.6 Å². The van der Waals surface area contributed by atoms with E-state index in [1.807, 2.05) is 0 Å². The van der Waals surface area contributed by atoms with E-state index >= 15 is 0 Å². The molecule has 0 aromatic rings. The number of rotatable bonds is 8. The van der Waals surface area contributed by atoms with Crippen LogP contribution in [0, 0.1) is 17.8 Å². The highest BCUT2D eigenvalue weighted by molar-refractivity contribution is 5.76. The third-order valence-electron chi connectivity index (χ3n) is 3.29. The summed E-state index contributed by atoms with van der Waals surface area (Å²) in [7, 11) is 0. The van der Waals surface area contributed by atoms with Crippen LogP contribution < -0.4 is 11.1 Å². The van der Waals surface area contributed by atoms with Crippen molar-refractivity contribution in [2.75, 3.05) is 13.1 Å². The molecular weight excluding hydrogens is 216 g/mol. The molecule has 1 fully saturated rings. The molecule has 1 aliphatic rings. The van der Waals surface area contributed by atoms with E-state index in [1.54, 1.807) is 0 Å². The Labute approximate surface area is 104 Å². The van der Waals surface area contributed by atoms with Gasteiger partial charge in [0, 0.05) is 13.0 Å². The van der Waals surface area contributed by atoms with Crippen LogP contribution in [0.2, 0.25) is 0 Å². The summed E-state index contributed by atoms with van der Waals surface area (Å²) >= 11 is 0. The van der Waals surface area contributed by atoms with Crippen LogP contribution >= 0.6 is 0 Å². The summed E-state index contributed by atoms with van der Waals surface area (Å²) in [6.07, 6.45) is 3.28. The molecule has 1 aliphatic carbocycles. The molecule has 17 heavy (non-hydrogen) atoms. The zero-order valence-corrected chi connectivity index (χ0v) is 11.0. The van der Waals surface area contributed by atoms with Crippen LogP contribution in [0.5, 0.6) is 0 Å². The summed E-state index contributed by atoms with van der Waals surface area (Å²) < 4.78 is 0. The van der Waals surface area contributed by atoms with Crippen molar-refractivity contribution in [1.29, 1.82) is 0 Å². The first-order valence-corrected chi connectivity index (χ1v) is 6.67. The minimum atomic E-state index is -0.361. The van der Waals surface area contributed by atoms with E-state index in [4.69, 9.17) is 5.73 Å². The first-order valence-electron chi connectivity index (χ1n) is 6.67. The van der Waals surface area contributed by atoms with Gasteiger partial charge in [-0.1, -0.05) is 13.8 Å². The van der Waals surface area contributed by atoms with Crippen molar-refractivity contribution in [3.8, 4) is 0 Å². The zero-order chi connectivity index (χ0) is 12.8.